The van der Waals surface area contributed by atoms with Gasteiger partial charge in [-0.1, -0.05) is 40.7 Å². The molecular weight excluding hydrogens is 272 g/mol. The Morgan fingerprint density at radius 3 is 2.64 bits per heavy atom. The summed E-state index contributed by atoms with van der Waals surface area (Å²) in [6.07, 6.45) is 4.94. The molecule has 0 spiro atoms. The molecular formula is C20H28O2. The van der Waals surface area contributed by atoms with Gasteiger partial charge in [0.05, 0.1) is 0 Å². The first-order chi connectivity index (χ1) is 10.3. The zero-order valence-corrected chi connectivity index (χ0v) is 14.5. The lowest BCUT2D eigenvalue weighted by molar-refractivity contribution is -0.0237. The molecule has 3 aliphatic rings. The summed E-state index contributed by atoms with van der Waals surface area (Å²) < 4.78 is 6.37. The molecule has 0 bridgehead atoms. The number of hydrogen-bond acceptors (Lipinski definition) is 2. The van der Waals surface area contributed by atoms with Gasteiger partial charge in [-0.05, 0) is 48.5 Å². The van der Waals surface area contributed by atoms with E-state index in [9.17, 15) is 5.11 Å². The molecule has 1 aromatic rings. The first-order valence-electron chi connectivity index (χ1n) is 8.82. The van der Waals surface area contributed by atoms with Crippen LogP contribution in [-0.4, -0.2) is 11.2 Å². The van der Waals surface area contributed by atoms with E-state index in [-0.39, 0.29) is 11.5 Å². The smallest absolute Gasteiger partial charge is 0.165 e. The predicted octanol–water partition coefficient (Wildman–Crippen LogP) is 4.92. The van der Waals surface area contributed by atoms with Gasteiger partial charge in [-0.15, -0.1) is 0 Å². The fraction of sp³-hybridized carbons (Fsp3) is 0.700. The second kappa shape index (κ2) is 4.21. The number of phenolic OH excluding ortho intramolecular Hbond substituents is 1. The van der Waals surface area contributed by atoms with Crippen LogP contribution in [0.2, 0.25) is 0 Å². The highest BCUT2D eigenvalue weighted by atomic mass is 16.5. The van der Waals surface area contributed by atoms with Crippen molar-refractivity contribution in [3.63, 3.8) is 0 Å². The summed E-state index contributed by atoms with van der Waals surface area (Å²) in [7, 11) is 0. The van der Waals surface area contributed by atoms with Gasteiger partial charge in [-0.3, -0.25) is 0 Å². The van der Waals surface area contributed by atoms with E-state index in [1.165, 1.54) is 24.0 Å². The molecule has 0 amide bonds. The van der Waals surface area contributed by atoms with E-state index in [2.05, 4.69) is 40.7 Å². The monoisotopic (exact) mass is 300 g/mol. The Hall–Kier alpha value is -1.18. The van der Waals surface area contributed by atoms with Crippen molar-refractivity contribution in [2.24, 2.45) is 11.3 Å². The highest BCUT2D eigenvalue weighted by Crippen LogP contribution is 2.64. The number of rotatable bonds is 1. The van der Waals surface area contributed by atoms with Gasteiger partial charge >= 0.3 is 0 Å². The summed E-state index contributed by atoms with van der Waals surface area (Å²) in [5.74, 6) is 2.20. The fourth-order valence-electron chi connectivity index (χ4n) is 5.73. The molecule has 1 saturated carbocycles. The molecule has 3 atom stereocenters. The van der Waals surface area contributed by atoms with Crippen LogP contribution in [0.5, 0.6) is 11.5 Å². The Labute approximate surface area is 133 Å². The van der Waals surface area contributed by atoms with Gasteiger partial charge in [0, 0.05) is 16.5 Å². The van der Waals surface area contributed by atoms with E-state index in [1.54, 1.807) is 0 Å². The Morgan fingerprint density at radius 1 is 1.23 bits per heavy atom. The molecule has 2 aliphatic carbocycles. The van der Waals surface area contributed by atoms with Gasteiger partial charge < -0.3 is 9.84 Å². The van der Waals surface area contributed by atoms with Crippen LogP contribution in [-0.2, 0) is 11.8 Å². The number of aryl methyl sites for hydroxylation is 1. The minimum absolute atomic E-state index is 0.0810. The number of aromatic hydroxyl groups is 1. The molecule has 1 fully saturated rings. The predicted molar refractivity (Wildman–Crippen MR) is 88.8 cm³/mol. The fourth-order valence-corrected chi connectivity index (χ4v) is 5.73. The quantitative estimate of drug-likeness (QED) is 0.798. The number of benzene rings is 1. The van der Waals surface area contributed by atoms with Crippen molar-refractivity contribution in [3.05, 3.63) is 22.8 Å². The van der Waals surface area contributed by atoms with Crippen molar-refractivity contribution in [2.75, 3.05) is 0 Å². The third-order valence-electron chi connectivity index (χ3n) is 6.88. The molecule has 2 nitrogen and oxygen atoms in total. The summed E-state index contributed by atoms with van der Waals surface area (Å²) >= 11 is 0. The average Bonchev–Trinajstić information content (AvgIpc) is 2.74. The molecule has 2 heteroatoms. The minimum atomic E-state index is 0.0810. The maximum atomic E-state index is 10.8. The van der Waals surface area contributed by atoms with Gasteiger partial charge in [0.25, 0.3) is 0 Å². The summed E-state index contributed by atoms with van der Waals surface area (Å²) in [6, 6.07) is 2.26. The Morgan fingerprint density at radius 2 is 1.95 bits per heavy atom. The first kappa shape index (κ1) is 14.4. The third kappa shape index (κ3) is 1.56. The van der Waals surface area contributed by atoms with Crippen LogP contribution in [0.3, 0.4) is 0 Å². The Kier molecular flexibility index (Phi) is 2.76. The Bertz CT molecular complexity index is 644. The van der Waals surface area contributed by atoms with Crippen LogP contribution in [0.4, 0.5) is 0 Å². The molecule has 0 saturated heterocycles. The number of ether oxygens (including phenoxy) is 1. The van der Waals surface area contributed by atoms with Crippen molar-refractivity contribution in [1.29, 1.82) is 0 Å². The van der Waals surface area contributed by atoms with Crippen LogP contribution in [0.15, 0.2) is 6.07 Å². The molecule has 1 N–H and O–H groups in total. The van der Waals surface area contributed by atoms with Crippen molar-refractivity contribution in [1.82, 2.24) is 0 Å². The molecule has 1 aliphatic heterocycles. The SMILES string of the molecule is CC(C)c1cc2c3c(c1O)O[C@@H]1CCC(C)(C)[C@H](CC2)[C@@]31C. The lowest BCUT2D eigenvalue weighted by Crippen LogP contribution is -2.54. The second-order valence-corrected chi connectivity index (χ2v) is 8.84. The van der Waals surface area contributed by atoms with Crippen LogP contribution in [0.25, 0.3) is 0 Å². The molecule has 4 rings (SSSR count). The zero-order chi connectivity index (χ0) is 15.9. The standard InChI is InChI=1S/C20H28O2/c1-11(2)13-10-12-6-7-14-19(3,4)9-8-15-20(14,5)16(12)18(22-15)17(13)21/h10-11,14-15,21H,6-9H2,1-5H3/t14-,15+,20+/m0/s1. The molecule has 120 valence electrons. The molecule has 0 unspecified atom stereocenters. The van der Waals surface area contributed by atoms with E-state index < -0.39 is 0 Å². The van der Waals surface area contributed by atoms with E-state index in [0.29, 0.717) is 23.0 Å². The molecule has 22 heavy (non-hydrogen) atoms. The zero-order valence-electron chi connectivity index (χ0n) is 14.5. The van der Waals surface area contributed by atoms with Gasteiger partial charge in [-0.2, -0.15) is 0 Å². The van der Waals surface area contributed by atoms with Crippen molar-refractivity contribution < 1.29 is 9.84 Å². The summed E-state index contributed by atoms with van der Waals surface area (Å²) in [5, 5.41) is 10.8. The summed E-state index contributed by atoms with van der Waals surface area (Å²) in [6.45, 7) is 11.5. The number of phenols is 1. The summed E-state index contributed by atoms with van der Waals surface area (Å²) in [4.78, 5) is 0. The van der Waals surface area contributed by atoms with E-state index in [1.807, 2.05) is 0 Å². The molecule has 1 aromatic carbocycles. The lowest BCUT2D eigenvalue weighted by atomic mass is 9.50. The second-order valence-electron chi connectivity index (χ2n) is 8.84. The minimum Gasteiger partial charge on any atom is -0.504 e. The van der Waals surface area contributed by atoms with Gasteiger partial charge in [-0.25, -0.2) is 0 Å². The van der Waals surface area contributed by atoms with Crippen LogP contribution in [0, 0.1) is 11.3 Å². The molecule has 0 aromatic heterocycles. The average molecular weight is 300 g/mol. The van der Waals surface area contributed by atoms with Gasteiger partial charge in [0.15, 0.2) is 11.5 Å². The van der Waals surface area contributed by atoms with Crippen molar-refractivity contribution in [3.8, 4) is 11.5 Å². The number of hydrogen-bond donors (Lipinski definition) is 1. The maximum absolute atomic E-state index is 10.8. The van der Waals surface area contributed by atoms with Gasteiger partial charge in [0.1, 0.15) is 6.10 Å². The highest BCUT2D eigenvalue weighted by Gasteiger charge is 2.60. The molecule has 0 radical (unpaired) electrons. The lowest BCUT2D eigenvalue weighted by Gasteiger charge is -2.53. The van der Waals surface area contributed by atoms with Crippen LogP contribution < -0.4 is 4.74 Å². The van der Waals surface area contributed by atoms with Crippen molar-refractivity contribution >= 4 is 0 Å². The van der Waals surface area contributed by atoms with Crippen molar-refractivity contribution in [2.45, 2.75) is 77.7 Å². The maximum Gasteiger partial charge on any atom is 0.165 e. The van der Waals surface area contributed by atoms with E-state index in [4.69, 9.17) is 4.74 Å². The third-order valence-corrected chi connectivity index (χ3v) is 6.88. The van der Waals surface area contributed by atoms with E-state index in [0.717, 1.165) is 24.2 Å². The topological polar surface area (TPSA) is 29.5 Å². The van der Waals surface area contributed by atoms with E-state index >= 15 is 0 Å². The summed E-state index contributed by atoms with van der Waals surface area (Å²) in [5.41, 5.74) is 4.25. The van der Waals surface area contributed by atoms with Crippen LogP contribution in [0.1, 0.15) is 76.5 Å². The highest BCUT2D eigenvalue weighted by molar-refractivity contribution is 5.63. The van der Waals surface area contributed by atoms with Gasteiger partial charge in [0.2, 0.25) is 0 Å². The largest absolute Gasteiger partial charge is 0.504 e. The van der Waals surface area contributed by atoms with Crippen LogP contribution >= 0.6 is 0 Å². The Balaban J connectivity index is 1.97. The first-order valence-corrected chi connectivity index (χ1v) is 8.82. The normalized spacial score (nSPS) is 34.5. The molecule has 1 heterocycles.